The molecule has 0 saturated carbocycles. The van der Waals surface area contributed by atoms with Gasteiger partial charge in [-0.15, -0.1) is 0 Å². The first kappa shape index (κ1) is 28.3. The Labute approximate surface area is 231 Å². The number of hydrogen-bond donors (Lipinski definition) is 2. The molecule has 2 aromatic carbocycles. The molecule has 4 N–H and O–H groups in total. The van der Waals surface area contributed by atoms with Gasteiger partial charge in [-0.25, -0.2) is 9.98 Å². The van der Waals surface area contributed by atoms with Crippen molar-refractivity contribution in [2.45, 2.75) is 32.0 Å². The molecule has 2 aliphatic rings. The molecule has 2 aliphatic heterocycles. The summed E-state index contributed by atoms with van der Waals surface area (Å²) < 4.78 is 10.3. The van der Waals surface area contributed by atoms with Crippen molar-refractivity contribution < 1.29 is 9.47 Å². The zero-order valence-electron chi connectivity index (χ0n) is 20.3. The summed E-state index contributed by atoms with van der Waals surface area (Å²) >= 11 is 23.9. The number of ether oxygens (including phenoxy) is 2. The number of amidine groups is 2. The molecule has 12 heteroatoms. The third-order valence-electron chi connectivity index (χ3n) is 5.51. The van der Waals surface area contributed by atoms with E-state index in [-0.39, 0.29) is 24.1 Å². The molecule has 36 heavy (non-hydrogen) atoms. The van der Waals surface area contributed by atoms with Crippen molar-refractivity contribution >= 4 is 69.8 Å². The number of rotatable bonds is 7. The first-order chi connectivity index (χ1) is 17.0. The van der Waals surface area contributed by atoms with Gasteiger partial charge in [0.05, 0.1) is 10.0 Å². The van der Waals surface area contributed by atoms with E-state index in [0.717, 1.165) is 17.9 Å². The van der Waals surface area contributed by atoms with Crippen LogP contribution in [0.1, 0.15) is 13.8 Å². The quantitative estimate of drug-likeness (QED) is 0.478. The molecule has 0 fully saturated rings. The number of likely N-dealkylation sites (N-methyl/N-ethyl adjacent to an activating group) is 1. The summed E-state index contributed by atoms with van der Waals surface area (Å²) in [6.45, 7) is 6.71. The first-order valence-electron chi connectivity index (χ1n) is 11.3. The third-order valence-corrected chi connectivity index (χ3v) is 6.68. The smallest absolute Gasteiger partial charge is 0.282 e. The third kappa shape index (κ3) is 8.13. The number of nitrogens with zero attached hydrogens (tertiary/aromatic N) is 4. The molecule has 2 heterocycles. The van der Waals surface area contributed by atoms with Gasteiger partial charge in [0.25, 0.3) is 12.0 Å². The highest BCUT2D eigenvalue weighted by Gasteiger charge is 2.22. The topological polar surface area (TPSA) is 102 Å². The monoisotopic (exact) mass is 574 g/mol. The van der Waals surface area contributed by atoms with Crippen LogP contribution in [0.15, 0.2) is 46.4 Å². The Balaban J connectivity index is 0.000000202. The lowest BCUT2D eigenvalue weighted by molar-refractivity contribution is 0.312. The van der Waals surface area contributed by atoms with Gasteiger partial charge in [0, 0.05) is 47.6 Å². The molecule has 2 atom stereocenters. The fourth-order valence-electron chi connectivity index (χ4n) is 3.75. The van der Waals surface area contributed by atoms with Gasteiger partial charge in [0.15, 0.2) is 0 Å². The Morgan fingerprint density at radius 3 is 1.86 bits per heavy atom. The van der Waals surface area contributed by atoms with Crippen LogP contribution in [0.4, 0.5) is 11.4 Å². The average Bonchev–Trinajstić information content (AvgIpc) is 3.41. The fourth-order valence-corrected chi connectivity index (χ4v) is 4.55. The molecule has 196 valence electrons. The van der Waals surface area contributed by atoms with Crippen molar-refractivity contribution in [3.05, 3.63) is 56.5 Å². The van der Waals surface area contributed by atoms with Gasteiger partial charge in [-0.1, -0.05) is 46.4 Å². The molecule has 4 rings (SSSR count). The van der Waals surface area contributed by atoms with Crippen LogP contribution >= 0.6 is 46.4 Å². The van der Waals surface area contributed by atoms with Gasteiger partial charge < -0.3 is 30.7 Å². The Hall–Kier alpha value is -2.26. The molecule has 8 nitrogen and oxygen atoms in total. The zero-order valence-corrected chi connectivity index (χ0v) is 23.3. The maximum absolute atomic E-state index is 6.07. The number of nitrogens with two attached hydrogens (primary N) is 2. The Morgan fingerprint density at radius 1 is 0.833 bits per heavy atom. The van der Waals surface area contributed by atoms with Crippen molar-refractivity contribution in [2.24, 2.45) is 21.5 Å². The number of aliphatic imine (C=N–C) groups is 2. The molecule has 0 spiro atoms. The van der Waals surface area contributed by atoms with Crippen molar-refractivity contribution in [2.75, 3.05) is 43.2 Å². The predicted molar refractivity (Wildman–Crippen MR) is 151 cm³/mol. The minimum absolute atomic E-state index is 0.0526. The first-order valence-corrected chi connectivity index (χ1v) is 12.8. The SMILES string of the molecule is CC(C)N(C[C@@H]1COC(N)=N1)c1ccc(Cl)c(Cl)c1.CN(C[C@H]1COC(N)=N1)c1cc(Cl)cc(Cl)c1. The molecule has 0 saturated heterocycles. The highest BCUT2D eigenvalue weighted by molar-refractivity contribution is 6.42. The Morgan fingerprint density at radius 2 is 1.39 bits per heavy atom. The number of hydrogen-bond acceptors (Lipinski definition) is 8. The lowest BCUT2D eigenvalue weighted by Gasteiger charge is -2.30. The Kier molecular flexibility index (Phi) is 10.1. The maximum Gasteiger partial charge on any atom is 0.282 e. The van der Waals surface area contributed by atoms with E-state index in [1.165, 1.54) is 0 Å². The largest absolute Gasteiger partial charge is 0.463 e. The second-order valence-electron chi connectivity index (χ2n) is 8.72. The standard InChI is InChI=1S/C13H17Cl2N3O.C11H13Cl2N3O/c1-8(2)18(6-9-7-19-13(16)17-9)10-3-4-11(14)12(15)5-10;1-16(5-9-6-17-11(14)15-9)10-3-7(12)2-8(13)4-10/h3-5,8-9H,6-7H2,1-2H3,(H2,16,17);2-4,9H,5-6H2,1H3,(H2,14,15)/t2*9-/m10/s1. The highest BCUT2D eigenvalue weighted by Crippen LogP contribution is 2.29. The van der Waals surface area contributed by atoms with Crippen LogP contribution < -0.4 is 21.3 Å². The van der Waals surface area contributed by atoms with E-state index < -0.39 is 0 Å². The van der Waals surface area contributed by atoms with Crippen molar-refractivity contribution in [3.8, 4) is 0 Å². The van der Waals surface area contributed by atoms with Crippen molar-refractivity contribution in [1.29, 1.82) is 0 Å². The zero-order chi connectivity index (χ0) is 26.4. The van der Waals surface area contributed by atoms with Gasteiger partial charge in [-0.05, 0) is 50.2 Å². The van der Waals surface area contributed by atoms with Crippen LogP contribution in [0.2, 0.25) is 20.1 Å². The second kappa shape index (κ2) is 12.8. The normalized spacial score (nSPS) is 18.6. The van der Waals surface area contributed by atoms with Crippen LogP contribution in [-0.4, -0.2) is 63.5 Å². The van der Waals surface area contributed by atoms with E-state index >= 15 is 0 Å². The van der Waals surface area contributed by atoms with Crippen LogP contribution in [0.25, 0.3) is 0 Å². The van der Waals surface area contributed by atoms with Crippen LogP contribution in [-0.2, 0) is 9.47 Å². The predicted octanol–water partition coefficient (Wildman–Crippen LogP) is 5.06. The van der Waals surface area contributed by atoms with Crippen LogP contribution in [0.5, 0.6) is 0 Å². The molecule has 0 amide bonds. The van der Waals surface area contributed by atoms with E-state index in [4.69, 9.17) is 67.3 Å². The summed E-state index contributed by atoms with van der Waals surface area (Å²) in [4.78, 5) is 12.6. The minimum Gasteiger partial charge on any atom is -0.463 e. The summed E-state index contributed by atoms with van der Waals surface area (Å²) in [6.07, 6.45) is 0. The summed E-state index contributed by atoms with van der Waals surface area (Å²) in [5.41, 5.74) is 13.0. The van der Waals surface area contributed by atoms with E-state index in [1.54, 1.807) is 12.1 Å². The van der Waals surface area contributed by atoms with E-state index in [1.807, 2.05) is 36.2 Å². The van der Waals surface area contributed by atoms with Gasteiger partial charge in [0.2, 0.25) is 0 Å². The maximum atomic E-state index is 6.07. The van der Waals surface area contributed by atoms with Gasteiger partial charge in [0.1, 0.15) is 25.3 Å². The van der Waals surface area contributed by atoms with E-state index in [0.29, 0.717) is 45.9 Å². The Bertz CT molecular complexity index is 1090. The van der Waals surface area contributed by atoms with E-state index in [9.17, 15) is 0 Å². The lowest BCUT2D eigenvalue weighted by atomic mass is 10.2. The number of anilines is 2. The molecule has 0 aliphatic carbocycles. The minimum atomic E-state index is 0.0526. The molecule has 2 aromatic rings. The van der Waals surface area contributed by atoms with Crippen LogP contribution in [0, 0.1) is 0 Å². The molecular formula is C24H30Cl4N6O2. The molecule has 0 unspecified atom stereocenters. The summed E-state index contributed by atoms with van der Waals surface area (Å²) in [7, 11) is 1.95. The molecule has 0 radical (unpaired) electrons. The number of benzene rings is 2. The van der Waals surface area contributed by atoms with Crippen molar-refractivity contribution in [3.63, 3.8) is 0 Å². The summed E-state index contributed by atoms with van der Waals surface area (Å²) in [6, 6.07) is 12.0. The number of halogens is 4. The second-order valence-corrected chi connectivity index (χ2v) is 10.4. The van der Waals surface area contributed by atoms with E-state index in [2.05, 4.69) is 28.7 Å². The van der Waals surface area contributed by atoms with Gasteiger partial charge in [-0.2, -0.15) is 0 Å². The molecule has 0 bridgehead atoms. The summed E-state index contributed by atoms with van der Waals surface area (Å²) in [5.74, 6) is 0. The van der Waals surface area contributed by atoms with Gasteiger partial charge >= 0.3 is 0 Å². The lowest BCUT2D eigenvalue weighted by Crippen LogP contribution is -2.37. The van der Waals surface area contributed by atoms with Crippen LogP contribution in [0.3, 0.4) is 0 Å². The summed E-state index contributed by atoms with van der Waals surface area (Å²) in [5, 5.41) is 2.34. The van der Waals surface area contributed by atoms with Gasteiger partial charge in [-0.3, -0.25) is 0 Å². The average molecular weight is 576 g/mol. The molecule has 0 aromatic heterocycles. The molecular weight excluding hydrogens is 546 g/mol. The highest BCUT2D eigenvalue weighted by atomic mass is 35.5. The van der Waals surface area contributed by atoms with Crippen molar-refractivity contribution in [1.82, 2.24) is 0 Å². The fraction of sp³-hybridized carbons (Fsp3) is 0.417.